The monoisotopic (exact) mass is 302 g/mol. The molecule has 3 nitrogen and oxygen atoms in total. The van der Waals surface area contributed by atoms with E-state index in [2.05, 4.69) is 0 Å². The predicted octanol–water partition coefficient (Wildman–Crippen LogP) is 3.58. The van der Waals surface area contributed by atoms with Gasteiger partial charge in [-0.1, -0.05) is 24.3 Å². The summed E-state index contributed by atoms with van der Waals surface area (Å²) in [5.74, 6) is 0.0665. The topological polar surface area (TPSA) is 51.2 Å². The second kappa shape index (κ2) is 6.85. The van der Waals surface area contributed by atoms with Gasteiger partial charge in [-0.25, -0.2) is 0 Å². The summed E-state index contributed by atoms with van der Waals surface area (Å²) < 4.78 is 0. The smallest absolute Gasteiger partial charge is 0.216 e. The summed E-state index contributed by atoms with van der Waals surface area (Å²) in [5.41, 5.74) is -0.833. The highest BCUT2D eigenvalue weighted by molar-refractivity contribution is 8.14. The molecule has 0 unspecified atom stereocenters. The van der Waals surface area contributed by atoms with Gasteiger partial charge in [0.15, 0.2) is 0 Å². The standard InChI is InChI=1S/C17H18O3S/c1-17(14(18)10-11-15(17)19)12-6-5-9-16(20)21-13-7-3-2-4-8-13/h2-5,7-9H,6,10-12H2,1H3/b9-5+. The van der Waals surface area contributed by atoms with Gasteiger partial charge in [0, 0.05) is 17.7 Å². The minimum absolute atomic E-state index is 0.0332. The van der Waals surface area contributed by atoms with E-state index >= 15 is 0 Å². The Kier molecular flexibility index (Phi) is 5.12. The van der Waals surface area contributed by atoms with Crippen LogP contribution in [0.3, 0.4) is 0 Å². The Balaban J connectivity index is 1.82. The first-order chi connectivity index (χ1) is 10.0. The van der Waals surface area contributed by atoms with Gasteiger partial charge in [-0.3, -0.25) is 14.4 Å². The zero-order valence-corrected chi connectivity index (χ0v) is 12.8. The maximum atomic E-state index is 11.8. The molecular weight excluding hydrogens is 284 g/mol. The Morgan fingerprint density at radius 1 is 1.19 bits per heavy atom. The van der Waals surface area contributed by atoms with Crippen molar-refractivity contribution in [2.24, 2.45) is 5.41 Å². The second-order valence-electron chi connectivity index (χ2n) is 5.35. The number of carbonyl (C=O) groups excluding carboxylic acids is 3. The Morgan fingerprint density at radius 2 is 1.81 bits per heavy atom. The van der Waals surface area contributed by atoms with Crippen molar-refractivity contribution < 1.29 is 14.4 Å². The van der Waals surface area contributed by atoms with Gasteiger partial charge in [-0.15, -0.1) is 0 Å². The van der Waals surface area contributed by atoms with Crippen molar-refractivity contribution in [2.45, 2.75) is 37.5 Å². The number of hydrogen-bond acceptors (Lipinski definition) is 4. The van der Waals surface area contributed by atoms with Crippen molar-refractivity contribution in [2.75, 3.05) is 0 Å². The lowest BCUT2D eigenvalue weighted by Crippen LogP contribution is -2.28. The van der Waals surface area contributed by atoms with Crippen molar-refractivity contribution in [3.05, 3.63) is 42.5 Å². The molecule has 2 rings (SSSR count). The normalized spacial score (nSPS) is 17.6. The Labute approximate surface area is 128 Å². The third kappa shape index (κ3) is 3.91. The molecule has 0 N–H and O–H groups in total. The third-order valence-electron chi connectivity index (χ3n) is 3.84. The molecule has 1 aliphatic carbocycles. The largest absolute Gasteiger partial charge is 0.299 e. The fourth-order valence-electron chi connectivity index (χ4n) is 2.40. The predicted molar refractivity (Wildman–Crippen MR) is 83.0 cm³/mol. The van der Waals surface area contributed by atoms with Crippen LogP contribution in [0.5, 0.6) is 0 Å². The number of ketones is 2. The van der Waals surface area contributed by atoms with Crippen molar-refractivity contribution in [1.82, 2.24) is 0 Å². The average Bonchev–Trinajstić information content (AvgIpc) is 2.73. The summed E-state index contributed by atoms with van der Waals surface area (Å²) >= 11 is 1.17. The molecule has 0 amide bonds. The number of hydrogen-bond donors (Lipinski definition) is 0. The lowest BCUT2D eigenvalue weighted by molar-refractivity contribution is -0.134. The minimum Gasteiger partial charge on any atom is -0.299 e. The summed E-state index contributed by atoms with van der Waals surface area (Å²) in [6, 6.07) is 9.44. The summed E-state index contributed by atoms with van der Waals surface area (Å²) in [4.78, 5) is 36.2. The molecule has 1 aliphatic rings. The lowest BCUT2D eigenvalue weighted by Gasteiger charge is -2.18. The van der Waals surface area contributed by atoms with Gasteiger partial charge in [0.2, 0.25) is 5.12 Å². The molecule has 0 aliphatic heterocycles. The zero-order chi connectivity index (χ0) is 15.3. The van der Waals surface area contributed by atoms with E-state index in [4.69, 9.17) is 0 Å². The first-order valence-electron chi connectivity index (χ1n) is 7.02. The van der Waals surface area contributed by atoms with Gasteiger partial charge in [0.25, 0.3) is 0 Å². The molecule has 0 spiro atoms. The SMILES string of the molecule is CC1(CC/C=C/C(=O)Sc2ccccc2)C(=O)CCC1=O. The molecule has 0 atom stereocenters. The van der Waals surface area contributed by atoms with Crippen molar-refractivity contribution in [3.8, 4) is 0 Å². The number of allylic oxidation sites excluding steroid dienone is 1. The number of rotatable bonds is 5. The van der Waals surface area contributed by atoms with Gasteiger partial charge < -0.3 is 0 Å². The molecule has 0 bridgehead atoms. The van der Waals surface area contributed by atoms with Crippen LogP contribution in [0.15, 0.2) is 47.4 Å². The average molecular weight is 302 g/mol. The molecule has 1 fully saturated rings. The molecule has 4 heteroatoms. The quantitative estimate of drug-likeness (QED) is 0.474. The fraction of sp³-hybridized carbons (Fsp3) is 0.353. The maximum Gasteiger partial charge on any atom is 0.216 e. The molecule has 21 heavy (non-hydrogen) atoms. The van der Waals surface area contributed by atoms with Gasteiger partial charge in [-0.2, -0.15) is 0 Å². The highest BCUT2D eigenvalue weighted by Gasteiger charge is 2.44. The molecular formula is C17H18O3S. The van der Waals surface area contributed by atoms with Crippen LogP contribution in [0.4, 0.5) is 0 Å². The highest BCUT2D eigenvalue weighted by atomic mass is 32.2. The van der Waals surface area contributed by atoms with Crippen LogP contribution in [0.25, 0.3) is 0 Å². The van der Waals surface area contributed by atoms with Crippen molar-refractivity contribution in [1.29, 1.82) is 0 Å². The van der Waals surface area contributed by atoms with Crippen molar-refractivity contribution >= 4 is 28.4 Å². The van der Waals surface area contributed by atoms with E-state index in [9.17, 15) is 14.4 Å². The van der Waals surface area contributed by atoms with E-state index in [1.165, 1.54) is 17.8 Å². The maximum absolute atomic E-state index is 11.8. The van der Waals surface area contributed by atoms with Crippen LogP contribution in [-0.2, 0) is 14.4 Å². The fourth-order valence-corrected chi connectivity index (χ4v) is 3.09. The lowest BCUT2D eigenvalue weighted by atomic mass is 9.82. The van der Waals surface area contributed by atoms with Gasteiger partial charge >= 0.3 is 0 Å². The highest BCUT2D eigenvalue weighted by Crippen LogP contribution is 2.35. The van der Waals surface area contributed by atoms with Crippen molar-refractivity contribution in [3.63, 3.8) is 0 Å². The van der Waals surface area contributed by atoms with E-state index in [-0.39, 0.29) is 16.7 Å². The Hall–Kier alpha value is -1.68. The van der Waals surface area contributed by atoms with Crippen LogP contribution >= 0.6 is 11.8 Å². The van der Waals surface area contributed by atoms with Crippen LogP contribution in [-0.4, -0.2) is 16.7 Å². The van der Waals surface area contributed by atoms with Crippen LogP contribution in [0.2, 0.25) is 0 Å². The molecule has 0 saturated heterocycles. The minimum atomic E-state index is -0.833. The van der Waals surface area contributed by atoms with Crippen LogP contribution in [0.1, 0.15) is 32.6 Å². The van der Waals surface area contributed by atoms with E-state index < -0.39 is 5.41 Å². The molecule has 1 aromatic rings. The summed E-state index contributed by atoms with van der Waals surface area (Å²) in [7, 11) is 0. The molecule has 110 valence electrons. The molecule has 1 aromatic carbocycles. The number of benzene rings is 1. The summed E-state index contributed by atoms with van der Waals surface area (Å²) in [6.45, 7) is 1.72. The van der Waals surface area contributed by atoms with E-state index in [0.717, 1.165) is 4.90 Å². The molecule has 0 radical (unpaired) electrons. The van der Waals surface area contributed by atoms with Crippen LogP contribution in [0, 0.1) is 5.41 Å². The number of thioether (sulfide) groups is 1. The second-order valence-corrected chi connectivity index (χ2v) is 6.43. The number of Topliss-reactive ketones (excluding diaryl/α,β-unsaturated/α-hetero) is 2. The molecule has 0 heterocycles. The van der Waals surface area contributed by atoms with E-state index in [1.54, 1.807) is 13.0 Å². The van der Waals surface area contributed by atoms with Gasteiger partial charge in [-0.05, 0) is 49.7 Å². The Bertz CT molecular complexity index is 559. The zero-order valence-electron chi connectivity index (χ0n) is 12.0. The first kappa shape index (κ1) is 15.7. The summed E-state index contributed by atoms with van der Waals surface area (Å²) in [5, 5.41) is -0.0459. The number of carbonyl (C=O) groups is 3. The van der Waals surface area contributed by atoms with Gasteiger partial charge in [0.1, 0.15) is 11.6 Å². The third-order valence-corrected chi connectivity index (χ3v) is 4.68. The Morgan fingerprint density at radius 3 is 2.43 bits per heavy atom. The summed E-state index contributed by atoms with van der Waals surface area (Å²) in [6.07, 6.45) is 5.05. The van der Waals surface area contributed by atoms with Gasteiger partial charge in [0.05, 0.1) is 5.41 Å². The van der Waals surface area contributed by atoms with E-state index in [1.807, 2.05) is 30.3 Å². The molecule has 1 saturated carbocycles. The van der Waals surface area contributed by atoms with Crippen LogP contribution < -0.4 is 0 Å². The van der Waals surface area contributed by atoms with E-state index in [0.29, 0.717) is 25.7 Å². The molecule has 0 aromatic heterocycles. The first-order valence-corrected chi connectivity index (χ1v) is 7.84.